The number of hydrogen-bond donors (Lipinski definition) is 2. The van der Waals surface area contributed by atoms with Crippen LogP contribution in [0.15, 0.2) is 24.3 Å². The summed E-state index contributed by atoms with van der Waals surface area (Å²) >= 11 is 1.35. The number of nitrogens with one attached hydrogen (secondary N) is 2. The van der Waals surface area contributed by atoms with E-state index in [4.69, 9.17) is 0 Å². The number of carbonyl (C=O) groups is 2. The molecular formula is C17H22N4O2S. The van der Waals surface area contributed by atoms with E-state index in [-0.39, 0.29) is 24.7 Å². The summed E-state index contributed by atoms with van der Waals surface area (Å²) in [5.74, 6) is -0.0965. The van der Waals surface area contributed by atoms with Gasteiger partial charge in [-0.2, -0.15) is 0 Å². The monoisotopic (exact) mass is 346 g/mol. The predicted molar refractivity (Wildman–Crippen MR) is 96.3 cm³/mol. The lowest BCUT2D eigenvalue weighted by Gasteiger charge is -2.13. The van der Waals surface area contributed by atoms with E-state index >= 15 is 0 Å². The van der Waals surface area contributed by atoms with Crippen molar-refractivity contribution in [3.63, 3.8) is 0 Å². The fraction of sp³-hybridized carbons (Fsp3) is 0.412. The molecule has 0 aliphatic heterocycles. The van der Waals surface area contributed by atoms with Crippen LogP contribution in [0.4, 0.5) is 10.8 Å². The maximum atomic E-state index is 12.1. The largest absolute Gasteiger partial charge is 0.326 e. The molecule has 1 aromatic carbocycles. The highest BCUT2D eigenvalue weighted by molar-refractivity contribution is 7.15. The summed E-state index contributed by atoms with van der Waals surface area (Å²) in [6, 6.07) is 7.70. The Morgan fingerprint density at radius 2 is 1.75 bits per heavy atom. The van der Waals surface area contributed by atoms with Crippen molar-refractivity contribution < 1.29 is 9.59 Å². The first-order chi connectivity index (χ1) is 11.5. The van der Waals surface area contributed by atoms with E-state index in [2.05, 4.69) is 34.7 Å². The summed E-state index contributed by atoms with van der Waals surface area (Å²) in [7, 11) is 0. The van der Waals surface area contributed by atoms with Crippen molar-refractivity contribution in [2.24, 2.45) is 0 Å². The summed E-state index contributed by atoms with van der Waals surface area (Å²) in [5.41, 5.74) is 1.88. The quantitative estimate of drug-likeness (QED) is 0.802. The van der Waals surface area contributed by atoms with Gasteiger partial charge in [0.05, 0.1) is 0 Å². The zero-order valence-corrected chi connectivity index (χ0v) is 14.9. The first-order valence-electron chi connectivity index (χ1n) is 8.00. The molecule has 7 heteroatoms. The average Bonchev–Trinajstić information content (AvgIpc) is 3.01. The van der Waals surface area contributed by atoms with Crippen molar-refractivity contribution in [2.45, 2.75) is 46.0 Å². The minimum Gasteiger partial charge on any atom is -0.326 e. The highest BCUT2D eigenvalue weighted by Crippen LogP contribution is 2.23. The maximum absolute atomic E-state index is 12.1. The molecule has 0 fully saturated rings. The molecule has 0 unspecified atom stereocenters. The van der Waals surface area contributed by atoms with Gasteiger partial charge in [-0.05, 0) is 24.0 Å². The van der Waals surface area contributed by atoms with Gasteiger partial charge in [0.25, 0.3) is 0 Å². The van der Waals surface area contributed by atoms with Gasteiger partial charge in [-0.15, -0.1) is 10.2 Å². The van der Waals surface area contributed by atoms with Crippen LogP contribution < -0.4 is 10.6 Å². The zero-order valence-electron chi connectivity index (χ0n) is 14.1. The molecule has 6 nitrogen and oxygen atoms in total. The van der Waals surface area contributed by atoms with Gasteiger partial charge in [-0.1, -0.05) is 50.3 Å². The van der Waals surface area contributed by atoms with Crippen LogP contribution >= 0.6 is 11.3 Å². The van der Waals surface area contributed by atoms with Gasteiger partial charge in [0.15, 0.2) is 0 Å². The van der Waals surface area contributed by atoms with Crippen LogP contribution in [-0.2, 0) is 16.0 Å². The smallest absolute Gasteiger partial charge is 0.226 e. The van der Waals surface area contributed by atoms with Gasteiger partial charge in [-0.25, -0.2) is 0 Å². The molecule has 0 aliphatic rings. The summed E-state index contributed by atoms with van der Waals surface area (Å²) in [6.07, 6.45) is 1.01. The summed E-state index contributed by atoms with van der Waals surface area (Å²) < 4.78 is 0. The SMILES string of the molecule is CCc1nnc(NC(=O)CCC(=O)Nc2ccccc2C(C)C)s1. The summed E-state index contributed by atoms with van der Waals surface area (Å²) in [5, 5.41) is 14.7. The molecule has 2 N–H and O–H groups in total. The molecule has 24 heavy (non-hydrogen) atoms. The molecule has 0 saturated heterocycles. The van der Waals surface area contributed by atoms with Gasteiger partial charge in [0, 0.05) is 18.5 Å². The Morgan fingerprint density at radius 1 is 1.08 bits per heavy atom. The second kappa shape index (κ2) is 8.54. The summed E-state index contributed by atoms with van der Waals surface area (Å²) in [4.78, 5) is 24.0. The molecule has 0 spiro atoms. The van der Waals surface area contributed by atoms with Gasteiger partial charge in [0.1, 0.15) is 5.01 Å². The predicted octanol–water partition coefficient (Wildman–Crippen LogP) is 3.58. The normalized spacial score (nSPS) is 10.7. The van der Waals surface area contributed by atoms with Crippen molar-refractivity contribution in [2.75, 3.05) is 10.6 Å². The third kappa shape index (κ3) is 5.13. The number of amides is 2. The number of anilines is 2. The van der Waals surface area contributed by atoms with Crippen LogP contribution in [-0.4, -0.2) is 22.0 Å². The number of aryl methyl sites for hydroxylation is 1. The Balaban J connectivity index is 1.83. The average molecular weight is 346 g/mol. The first kappa shape index (κ1) is 18.1. The first-order valence-corrected chi connectivity index (χ1v) is 8.82. The minimum atomic E-state index is -0.235. The number of hydrogen-bond acceptors (Lipinski definition) is 5. The fourth-order valence-corrected chi connectivity index (χ4v) is 2.88. The molecule has 0 bridgehead atoms. The molecule has 128 valence electrons. The Hall–Kier alpha value is -2.28. The second-order valence-corrected chi connectivity index (χ2v) is 6.75. The Bertz CT molecular complexity index is 712. The Labute approximate surface area is 145 Å². The summed E-state index contributed by atoms with van der Waals surface area (Å²) in [6.45, 7) is 6.13. The van der Waals surface area contributed by atoms with Gasteiger partial charge in [-0.3, -0.25) is 9.59 Å². The number of nitrogens with zero attached hydrogens (tertiary/aromatic N) is 2. The number of rotatable bonds is 7. The van der Waals surface area contributed by atoms with E-state index in [1.165, 1.54) is 11.3 Å². The zero-order chi connectivity index (χ0) is 17.5. The lowest BCUT2D eigenvalue weighted by atomic mass is 10.0. The highest BCUT2D eigenvalue weighted by atomic mass is 32.1. The van der Waals surface area contributed by atoms with E-state index in [1.54, 1.807) is 0 Å². The third-order valence-corrected chi connectivity index (χ3v) is 4.43. The van der Waals surface area contributed by atoms with Crippen LogP contribution in [0.2, 0.25) is 0 Å². The number of carbonyl (C=O) groups excluding carboxylic acids is 2. The number of aromatic nitrogens is 2. The molecule has 0 radical (unpaired) electrons. The maximum Gasteiger partial charge on any atom is 0.226 e. The van der Waals surface area contributed by atoms with Crippen molar-refractivity contribution in [3.05, 3.63) is 34.8 Å². The van der Waals surface area contributed by atoms with Gasteiger partial charge < -0.3 is 10.6 Å². The van der Waals surface area contributed by atoms with E-state index in [0.29, 0.717) is 11.0 Å². The highest BCUT2D eigenvalue weighted by Gasteiger charge is 2.12. The molecule has 1 heterocycles. The molecular weight excluding hydrogens is 324 g/mol. The molecule has 2 amide bonds. The van der Waals surface area contributed by atoms with Crippen LogP contribution in [0.1, 0.15) is 50.1 Å². The van der Waals surface area contributed by atoms with Crippen LogP contribution in [0.25, 0.3) is 0 Å². The second-order valence-electron chi connectivity index (χ2n) is 5.69. The van der Waals surface area contributed by atoms with Crippen molar-refractivity contribution in [1.29, 1.82) is 0 Å². The Morgan fingerprint density at radius 3 is 2.38 bits per heavy atom. The van der Waals surface area contributed by atoms with Crippen LogP contribution in [0.5, 0.6) is 0 Å². The lowest BCUT2D eigenvalue weighted by Crippen LogP contribution is -2.18. The standard InChI is InChI=1S/C17H22N4O2S/c1-4-16-20-21-17(24-16)19-15(23)10-9-14(22)18-13-8-6-5-7-12(13)11(2)3/h5-8,11H,4,9-10H2,1-3H3,(H,18,22)(H,19,21,23). The topological polar surface area (TPSA) is 84.0 Å². The molecule has 0 atom stereocenters. The van der Waals surface area contributed by atoms with Crippen LogP contribution in [0.3, 0.4) is 0 Å². The van der Waals surface area contributed by atoms with E-state index in [1.807, 2.05) is 31.2 Å². The van der Waals surface area contributed by atoms with E-state index < -0.39 is 0 Å². The van der Waals surface area contributed by atoms with Crippen molar-refractivity contribution in [3.8, 4) is 0 Å². The lowest BCUT2D eigenvalue weighted by molar-refractivity contribution is -0.121. The molecule has 0 saturated carbocycles. The van der Waals surface area contributed by atoms with Crippen molar-refractivity contribution in [1.82, 2.24) is 10.2 Å². The van der Waals surface area contributed by atoms with Crippen molar-refractivity contribution >= 4 is 34.0 Å². The molecule has 2 aromatic rings. The number of benzene rings is 1. The van der Waals surface area contributed by atoms with Gasteiger partial charge in [0.2, 0.25) is 16.9 Å². The van der Waals surface area contributed by atoms with Gasteiger partial charge >= 0.3 is 0 Å². The Kier molecular flexibility index (Phi) is 6.43. The molecule has 2 rings (SSSR count). The fourth-order valence-electron chi connectivity index (χ4n) is 2.18. The van der Waals surface area contributed by atoms with E-state index in [0.717, 1.165) is 22.7 Å². The third-order valence-electron chi connectivity index (χ3n) is 3.45. The van der Waals surface area contributed by atoms with E-state index in [9.17, 15) is 9.59 Å². The number of para-hydroxylation sites is 1. The molecule has 1 aromatic heterocycles. The molecule has 0 aliphatic carbocycles. The van der Waals surface area contributed by atoms with Crippen LogP contribution in [0, 0.1) is 0 Å². The minimum absolute atomic E-state index is 0.108.